The first-order valence-electron chi connectivity index (χ1n) is 4.06. The van der Waals surface area contributed by atoms with Gasteiger partial charge in [0, 0.05) is 6.92 Å². The van der Waals surface area contributed by atoms with Gasteiger partial charge in [0.1, 0.15) is 11.6 Å². The standard InChI is InChI=1S/C9H9FO4S/c1-7(11)14-15(12,13)6-8-2-4-9(10)5-3-8/h2-5H,6H2,1H3. The highest BCUT2D eigenvalue weighted by atomic mass is 32.2. The molecular formula is C9H9FO4S. The third-order valence-corrected chi connectivity index (χ3v) is 2.68. The lowest BCUT2D eigenvalue weighted by Gasteiger charge is -2.03. The molecule has 0 fully saturated rings. The van der Waals surface area contributed by atoms with Crippen LogP contribution in [0.1, 0.15) is 12.5 Å². The van der Waals surface area contributed by atoms with Crippen LogP contribution in [-0.4, -0.2) is 14.4 Å². The summed E-state index contributed by atoms with van der Waals surface area (Å²) < 4.78 is 38.9. The molecule has 0 spiro atoms. The van der Waals surface area contributed by atoms with E-state index in [1.165, 1.54) is 12.1 Å². The lowest BCUT2D eigenvalue weighted by atomic mass is 10.2. The van der Waals surface area contributed by atoms with Crippen molar-refractivity contribution in [3.63, 3.8) is 0 Å². The summed E-state index contributed by atoms with van der Waals surface area (Å²) in [7, 11) is -3.92. The molecule has 1 rings (SSSR count). The fraction of sp³-hybridized carbons (Fsp3) is 0.222. The summed E-state index contributed by atoms with van der Waals surface area (Å²) in [5, 5.41) is 0. The number of hydrogen-bond donors (Lipinski definition) is 0. The molecular weight excluding hydrogens is 223 g/mol. The van der Waals surface area contributed by atoms with Crippen molar-refractivity contribution >= 4 is 16.1 Å². The monoisotopic (exact) mass is 232 g/mol. The molecule has 1 aromatic carbocycles. The third-order valence-electron chi connectivity index (χ3n) is 1.50. The van der Waals surface area contributed by atoms with Gasteiger partial charge in [-0.25, -0.2) is 4.39 Å². The van der Waals surface area contributed by atoms with Gasteiger partial charge in [0.15, 0.2) is 0 Å². The molecule has 0 radical (unpaired) electrons. The Bertz CT molecular complexity index is 450. The van der Waals surface area contributed by atoms with Gasteiger partial charge in [-0.15, -0.1) is 0 Å². The van der Waals surface area contributed by atoms with Crippen LogP contribution in [0.3, 0.4) is 0 Å². The fourth-order valence-corrected chi connectivity index (χ4v) is 2.01. The van der Waals surface area contributed by atoms with Crippen LogP contribution in [0.15, 0.2) is 24.3 Å². The minimum Gasteiger partial charge on any atom is -0.346 e. The van der Waals surface area contributed by atoms with Crippen LogP contribution < -0.4 is 0 Å². The zero-order valence-electron chi connectivity index (χ0n) is 7.94. The molecule has 0 unspecified atom stereocenters. The van der Waals surface area contributed by atoms with E-state index in [2.05, 4.69) is 4.18 Å². The molecule has 82 valence electrons. The van der Waals surface area contributed by atoms with Crippen LogP contribution in [0.5, 0.6) is 0 Å². The Hall–Kier alpha value is -1.43. The van der Waals surface area contributed by atoms with Crippen molar-refractivity contribution in [2.45, 2.75) is 12.7 Å². The van der Waals surface area contributed by atoms with Gasteiger partial charge in [0.05, 0.1) is 0 Å². The van der Waals surface area contributed by atoms with Gasteiger partial charge < -0.3 is 4.18 Å². The second-order valence-corrected chi connectivity index (χ2v) is 4.47. The highest BCUT2D eigenvalue weighted by Gasteiger charge is 2.15. The van der Waals surface area contributed by atoms with E-state index in [9.17, 15) is 17.6 Å². The summed E-state index contributed by atoms with van der Waals surface area (Å²) in [6.45, 7) is 1.00. The van der Waals surface area contributed by atoms with Crippen molar-refractivity contribution in [3.05, 3.63) is 35.6 Å². The molecule has 15 heavy (non-hydrogen) atoms. The lowest BCUT2D eigenvalue weighted by molar-refractivity contribution is -0.131. The summed E-state index contributed by atoms with van der Waals surface area (Å²) in [4.78, 5) is 10.4. The smallest absolute Gasteiger partial charge is 0.319 e. The summed E-state index contributed by atoms with van der Waals surface area (Å²) in [5.74, 6) is -1.80. The first kappa shape index (κ1) is 11.6. The Morgan fingerprint density at radius 2 is 1.87 bits per heavy atom. The second-order valence-electron chi connectivity index (χ2n) is 2.90. The summed E-state index contributed by atoms with van der Waals surface area (Å²) in [6, 6.07) is 4.91. The predicted molar refractivity (Wildman–Crippen MR) is 50.8 cm³/mol. The molecule has 0 saturated carbocycles. The SMILES string of the molecule is CC(=O)OS(=O)(=O)Cc1ccc(F)cc1. The molecule has 0 saturated heterocycles. The Balaban J connectivity index is 2.78. The highest BCUT2D eigenvalue weighted by Crippen LogP contribution is 2.08. The van der Waals surface area contributed by atoms with Crippen molar-refractivity contribution in [2.24, 2.45) is 0 Å². The lowest BCUT2D eigenvalue weighted by Crippen LogP contribution is -2.12. The van der Waals surface area contributed by atoms with Crippen molar-refractivity contribution in [1.82, 2.24) is 0 Å². The van der Waals surface area contributed by atoms with Crippen LogP contribution >= 0.6 is 0 Å². The van der Waals surface area contributed by atoms with E-state index in [1.54, 1.807) is 0 Å². The van der Waals surface area contributed by atoms with Crippen LogP contribution in [0.4, 0.5) is 4.39 Å². The van der Waals surface area contributed by atoms with E-state index in [0.717, 1.165) is 19.1 Å². The second kappa shape index (κ2) is 4.39. The third kappa shape index (κ3) is 4.07. The molecule has 6 heteroatoms. The molecule has 1 aromatic rings. The molecule has 0 aliphatic rings. The van der Waals surface area contributed by atoms with Gasteiger partial charge in [-0.2, -0.15) is 8.42 Å². The number of benzene rings is 1. The van der Waals surface area contributed by atoms with Crippen LogP contribution in [0, 0.1) is 5.82 Å². The van der Waals surface area contributed by atoms with E-state index in [4.69, 9.17) is 0 Å². The zero-order chi connectivity index (χ0) is 11.5. The van der Waals surface area contributed by atoms with E-state index >= 15 is 0 Å². The summed E-state index contributed by atoms with van der Waals surface area (Å²) in [6.07, 6.45) is 0. The van der Waals surface area contributed by atoms with E-state index in [1.807, 2.05) is 0 Å². The Morgan fingerprint density at radius 1 is 1.33 bits per heavy atom. The molecule has 4 nitrogen and oxygen atoms in total. The number of carbonyl (C=O) groups is 1. The van der Waals surface area contributed by atoms with Crippen molar-refractivity contribution in [1.29, 1.82) is 0 Å². The van der Waals surface area contributed by atoms with E-state index in [-0.39, 0.29) is 0 Å². The highest BCUT2D eigenvalue weighted by molar-refractivity contribution is 7.86. The number of carbonyl (C=O) groups excluding carboxylic acids is 1. The maximum Gasteiger partial charge on any atom is 0.319 e. The van der Waals surface area contributed by atoms with Crippen molar-refractivity contribution in [2.75, 3.05) is 0 Å². The first-order chi connectivity index (χ1) is 6.89. The molecule has 0 amide bonds. The van der Waals surface area contributed by atoms with Gasteiger partial charge in [-0.3, -0.25) is 4.79 Å². The van der Waals surface area contributed by atoms with Gasteiger partial charge in [-0.1, -0.05) is 12.1 Å². The number of halogens is 1. The first-order valence-corrected chi connectivity index (χ1v) is 5.64. The molecule has 0 aromatic heterocycles. The van der Waals surface area contributed by atoms with Gasteiger partial charge in [-0.05, 0) is 17.7 Å². The van der Waals surface area contributed by atoms with Crippen LogP contribution in [0.25, 0.3) is 0 Å². The Morgan fingerprint density at radius 3 is 2.33 bits per heavy atom. The molecule has 0 heterocycles. The van der Waals surface area contributed by atoms with Crippen LogP contribution in [0.2, 0.25) is 0 Å². The zero-order valence-corrected chi connectivity index (χ0v) is 8.75. The van der Waals surface area contributed by atoms with E-state index < -0.39 is 27.7 Å². The van der Waals surface area contributed by atoms with Crippen molar-refractivity contribution < 1.29 is 21.8 Å². The molecule has 0 bridgehead atoms. The van der Waals surface area contributed by atoms with Gasteiger partial charge in [0.2, 0.25) is 0 Å². The fourth-order valence-electron chi connectivity index (χ4n) is 0.993. The average Bonchev–Trinajstić information content (AvgIpc) is 2.06. The number of rotatable bonds is 3. The minimum atomic E-state index is -3.92. The molecule has 0 atom stereocenters. The van der Waals surface area contributed by atoms with Crippen LogP contribution in [-0.2, 0) is 24.8 Å². The quantitative estimate of drug-likeness (QED) is 0.735. The van der Waals surface area contributed by atoms with Gasteiger partial charge >= 0.3 is 16.1 Å². The largest absolute Gasteiger partial charge is 0.346 e. The normalized spacial score (nSPS) is 11.1. The Kier molecular flexibility index (Phi) is 3.41. The average molecular weight is 232 g/mol. The maximum absolute atomic E-state index is 12.5. The maximum atomic E-state index is 12.5. The minimum absolute atomic E-state index is 0.359. The van der Waals surface area contributed by atoms with Gasteiger partial charge in [0.25, 0.3) is 0 Å². The molecule has 0 N–H and O–H groups in total. The summed E-state index contributed by atoms with van der Waals surface area (Å²) in [5.41, 5.74) is 0.359. The molecule has 0 aliphatic heterocycles. The molecule has 0 aliphatic carbocycles. The Labute approximate surface area is 86.8 Å². The van der Waals surface area contributed by atoms with Crippen molar-refractivity contribution in [3.8, 4) is 0 Å². The predicted octanol–water partition coefficient (Wildman–Crippen LogP) is 1.22. The topological polar surface area (TPSA) is 60.4 Å². The number of hydrogen-bond acceptors (Lipinski definition) is 4. The van der Waals surface area contributed by atoms with E-state index in [0.29, 0.717) is 5.56 Å². The summed E-state index contributed by atoms with van der Waals surface area (Å²) >= 11 is 0.